The molecule has 1 aromatic carbocycles. The molecule has 0 aliphatic rings. The molecule has 6 heteroatoms. The van der Waals surface area contributed by atoms with Gasteiger partial charge in [0.2, 0.25) is 5.75 Å². The van der Waals surface area contributed by atoms with Crippen LogP contribution in [-0.2, 0) is 6.54 Å². The maximum atomic E-state index is 5.83. The van der Waals surface area contributed by atoms with E-state index in [1.165, 1.54) is 0 Å². The Balaban J connectivity index is 2.40. The summed E-state index contributed by atoms with van der Waals surface area (Å²) in [5, 5.41) is 0. The van der Waals surface area contributed by atoms with Crippen LogP contribution in [0.5, 0.6) is 28.7 Å². The van der Waals surface area contributed by atoms with Gasteiger partial charge in [0.05, 0.1) is 27.0 Å². The van der Waals surface area contributed by atoms with Gasteiger partial charge in [-0.3, -0.25) is 4.98 Å². The van der Waals surface area contributed by atoms with E-state index in [0.29, 0.717) is 41.0 Å². The number of benzene rings is 1. The van der Waals surface area contributed by atoms with Crippen molar-refractivity contribution in [2.75, 3.05) is 21.3 Å². The van der Waals surface area contributed by atoms with Crippen LogP contribution in [0.3, 0.4) is 0 Å². The second-order valence-electron chi connectivity index (χ2n) is 4.12. The van der Waals surface area contributed by atoms with Gasteiger partial charge in [0, 0.05) is 24.9 Å². The van der Waals surface area contributed by atoms with E-state index in [-0.39, 0.29) is 0 Å². The summed E-state index contributed by atoms with van der Waals surface area (Å²) in [7, 11) is 4.65. The summed E-state index contributed by atoms with van der Waals surface area (Å²) in [6.07, 6.45) is 1.67. The Morgan fingerprint density at radius 2 is 1.67 bits per heavy atom. The van der Waals surface area contributed by atoms with Gasteiger partial charge in [-0.15, -0.1) is 0 Å². The normalized spacial score (nSPS) is 10.1. The molecule has 112 valence electrons. The highest BCUT2D eigenvalue weighted by atomic mass is 16.5. The first kappa shape index (κ1) is 14.9. The lowest BCUT2D eigenvalue weighted by atomic mass is 10.2. The number of hydrogen-bond acceptors (Lipinski definition) is 6. The first-order chi connectivity index (χ1) is 10.2. The van der Waals surface area contributed by atoms with Crippen LogP contribution >= 0.6 is 0 Å². The fraction of sp³-hybridized carbons (Fsp3) is 0.267. The molecule has 0 spiro atoms. The molecule has 0 radical (unpaired) electrons. The number of pyridine rings is 1. The zero-order valence-electron chi connectivity index (χ0n) is 12.3. The van der Waals surface area contributed by atoms with Gasteiger partial charge in [-0.2, -0.15) is 0 Å². The molecule has 0 atom stereocenters. The van der Waals surface area contributed by atoms with Crippen molar-refractivity contribution in [3.8, 4) is 28.7 Å². The summed E-state index contributed by atoms with van der Waals surface area (Å²) in [5.41, 5.74) is 6.32. The highest BCUT2D eigenvalue weighted by Gasteiger charge is 2.15. The minimum Gasteiger partial charge on any atom is -0.493 e. The van der Waals surface area contributed by atoms with Gasteiger partial charge in [0.1, 0.15) is 11.5 Å². The fourth-order valence-corrected chi connectivity index (χ4v) is 1.91. The molecule has 0 unspecified atom stereocenters. The van der Waals surface area contributed by atoms with Crippen molar-refractivity contribution in [3.05, 3.63) is 36.2 Å². The third-order valence-corrected chi connectivity index (χ3v) is 2.91. The van der Waals surface area contributed by atoms with Crippen LogP contribution in [0.1, 0.15) is 5.69 Å². The molecule has 1 heterocycles. The van der Waals surface area contributed by atoms with E-state index in [1.54, 1.807) is 51.8 Å². The first-order valence-electron chi connectivity index (χ1n) is 6.35. The van der Waals surface area contributed by atoms with Crippen molar-refractivity contribution in [3.63, 3.8) is 0 Å². The lowest BCUT2D eigenvalue weighted by molar-refractivity contribution is 0.321. The van der Waals surface area contributed by atoms with Gasteiger partial charge in [-0.05, 0) is 12.1 Å². The fourth-order valence-electron chi connectivity index (χ4n) is 1.91. The Hall–Kier alpha value is -2.47. The van der Waals surface area contributed by atoms with Gasteiger partial charge >= 0.3 is 0 Å². The molecule has 0 fully saturated rings. The number of nitrogens with zero attached hydrogens (tertiary/aromatic N) is 1. The maximum absolute atomic E-state index is 5.83. The molecule has 0 aliphatic heterocycles. The predicted molar refractivity (Wildman–Crippen MR) is 78.3 cm³/mol. The van der Waals surface area contributed by atoms with Crippen LogP contribution < -0.4 is 24.7 Å². The molecule has 2 aromatic rings. The summed E-state index contributed by atoms with van der Waals surface area (Å²) in [4.78, 5) is 4.18. The monoisotopic (exact) mass is 290 g/mol. The molecule has 2 N–H and O–H groups in total. The number of nitrogens with two attached hydrogens (primary N) is 1. The first-order valence-corrected chi connectivity index (χ1v) is 6.35. The van der Waals surface area contributed by atoms with Crippen molar-refractivity contribution >= 4 is 0 Å². The Bertz CT molecular complexity index is 591. The third kappa shape index (κ3) is 3.17. The lowest BCUT2D eigenvalue weighted by Crippen LogP contribution is -2.02. The van der Waals surface area contributed by atoms with E-state index in [1.807, 2.05) is 0 Å². The number of rotatable bonds is 6. The molecular weight excluding hydrogens is 272 g/mol. The molecule has 0 aliphatic carbocycles. The Kier molecular flexibility index (Phi) is 4.84. The topological polar surface area (TPSA) is 75.8 Å². The standard InChI is InChI=1S/C15H18N2O4/c1-18-13-7-10(8-14(19-2)15(13)20-3)21-12-5-4-6-17-11(12)9-16/h4-8H,9,16H2,1-3H3. The van der Waals surface area contributed by atoms with Crippen LogP contribution in [0, 0.1) is 0 Å². The number of hydrogen-bond donors (Lipinski definition) is 1. The van der Waals surface area contributed by atoms with E-state index in [4.69, 9.17) is 24.7 Å². The molecule has 0 saturated carbocycles. The number of methoxy groups -OCH3 is 3. The quantitative estimate of drug-likeness (QED) is 0.880. The number of ether oxygens (including phenoxy) is 4. The highest BCUT2D eigenvalue weighted by molar-refractivity contribution is 5.56. The van der Waals surface area contributed by atoms with Crippen LogP contribution in [0.4, 0.5) is 0 Å². The van der Waals surface area contributed by atoms with Gasteiger partial charge in [-0.1, -0.05) is 0 Å². The summed E-state index contributed by atoms with van der Waals surface area (Å²) < 4.78 is 21.7. The van der Waals surface area contributed by atoms with Crippen LogP contribution in [0.2, 0.25) is 0 Å². The largest absolute Gasteiger partial charge is 0.493 e. The van der Waals surface area contributed by atoms with Crippen molar-refractivity contribution in [2.24, 2.45) is 5.73 Å². The molecule has 0 bridgehead atoms. The van der Waals surface area contributed by atoms with Gasteiger partial charge < -0.3 is 24.7 Å². The van der Waals surface area contributed by atoms with Crippen LogP contribution in [0.15, 0.2) is 30.5 Å². The zero-order chi connectivity index (χ0) is 15.2. The van der Waals surface area contributed by atoms with Crippen molar-refractivity contribution in [2.45, 2.75) is 6.54 Å². The predicted octanol–water partition coefficient (Wildman–Crippen LogP) is 2.36. The Morgan fingerprint density at radius 1 is 1.00 bits per heavy atom. The van der Waals surface area contributed by atoms with E-state index >= 15 is 0 Å². The average molecular weight is 290 g/mol. The average Bonchev–Trinajstić information content (AvgIpc) is 2.54. The van der Waals surface area contributed by atoms with E-state index < -0.39 is 0 Å². The molecular formula is C15H18N2O4. The van der Waals surface area contributed by atoms with Crippen LogP contribution in [0.25, 0.3) is 0 Å². The summed E-state index contributed by atoms with van der Waals surface area (Å²) in [6, 6.07) is 7.02. The summed E-state index contributed by atoms with van der Waals surface area (Å²) in [6.45, 7) is 0.292. The maximum Gasteiger partial charge on any atom is 0.203 e. The minimum absolute atomic E-state index is 0.292. The molecule has 6 nitrogen and oxygen atoms in total. The van der Waals surface area contributed by atoms with Gasteiger partial charge in [0.25, 0.3) is 0 Å². The Morgan fingerprint density at radius 3 is 2.19 bits per heavy atom. The molecule has 21 heavy (non-hydrogen) atoms. The lowest BCUT2D eigenvalue weighted by Gasteiger charge is -2.15. The highest BCUT2D eigenvalue weighted by Crippen LogP contribution is 2.42. The molecule has 0 amide bonds. The van der Waals surface area contributed by atoms with E-state index in [2.05, 4.69) is 4.98 Å². The minimum atomic E-state index is 0.292. The van der Waals surface area contributed by atoms with E-state index in [9.17, 15) is 0 Å². The summed E-state index contributed by atoms with van der Waals surface area (Å²) >= 11 is 0. The molecule has 2 rings (SSSR count). The Labute approximate surface area is 123 Å². The molecule has 0 saturated heterocycles. The van der Waals surface area contributed by atoms with Crippen molar-refractivity contribution < 1.29 is 18.9 Å². The van der Waals surface area contributed by atoms with Crippen molar-refractivity contribution in [1.82, 2.24) is 4.98 Å². The second-order valence-corrected chi connectivity index (χ2v) is 4.12. The second kappa shape index (κ2) is 6.81. The van der Waals surface area contributed by atoms with Gasteiger partial charge in [-0.25, -0.2) is 0 Å². The zero-order valence-corrected chi connectivity index (χ0v) is 12.3. The number of aromatic nitrogens is 1. The third-order valence-electron chi connectivity index (χ3n) is 2.91. The molecule has 1 aromatic heterocycles. The van der Waals surface area contributed by atoms with E-state index in [0.717, 1.165) is 0 Å². The van der Waals surface area contributed by atoms with Gasteiger partial charge in [0.15, 0.2) is 11.5 Å². The summed E-state index contributed by atoms with van der Waals surface area (Å²) in [5.74, 6) is 2.69. The smallest absolute Gasteiger partial charge is 0.203 e. The van der Waals surface area contributed by atoms with Crippen molar-refractivity contribution in [1.29, 1.82) is 0 Å². The SMILES string of the molecule is COc1cc(Oc2cccnc2CN)cc(OC)c1OC. The van der Waals surface area contributed by atoms with Crippen LogP contribution in [-0.4, -0.2) is 26.3 Å².